The van der Waals surface area contributed by atoms with E-state index < -0.39 is 10.0 Å². The SMILES string of the molecule is CCNC(=NCc1cc(C)no1)N1CCN(S(=O)(=O)Cc2ccon2)CC1. The number of aryl methyl sites for hydroxylation is 1. The topological polar surface area (TPSA) is 117 Å². The number of hydrogen-bond acceptors (Lipinski definition) is 7. The van der Waals surface area contributed by atoms with E-state index in [2.05, 4.69) is 25.5 Å². The van der Waals surface area contributed by atoms with E-state index in [0.717, 1.165) is 18.2 Å². The summed E-state index contributed by atoms with van der Waals surface area (Å²) in [6, 6.07) is 3.41. The first kappa shape index (κ1) is 19.4. The third kappa shape index (κ3) is 5.07. The summed E-state index contributed by atoms with van der Waals surface area (Å²) < 4.78 is 36.4. The number of aliphatic imine (C=N–C) groups is 1. The maximum Gasteiger partial charge on any atom is 0.220 e. The van der Waals surface area contributed by atoms with Gasteiger partial charge in [0.25, 0.3) is 0 Å². The van der Waals surface area contributed by atoms with Crippen molar-refractivity contribution in [3.05, 3.63) is 35.5 Å². The normalized spacial score (nSPS) is 16.7. The molecule has 0 aromatic carbocycles. The van der Waals surface area contributed by atoms with Gasteiger partial charge in [0.2, 0.25) is 10.0 Å². The fourth-order valence-corrected chi connectivity index (χ4v) is 4.26. The molecule has 0 atom stereocenters. The van der Waals surface area contributed by atoms with Gasteiger partial charge >= 0.3 is 0 Å². The van der Waals surface area contributed by atoms with Crippen molar-refractivity contribution in [3.63, 3.8) is 0 Å². The van der Waals surface area contributed by atoms with E-state index in [9.17, 15) is 8.42 Å². The molecule has 0 unspecified atom stereocenters. The van der Waals surface area contributed by atoms with Crippen molar-refractivity contribution >= 4 is 16.0 Å². The Kier molecular flexibility index (Phi) is 6.11. The second-order valence-electron chi connectivity index (χ2n) is 6.24. The zero-order valence-corrected chi connectivity index (χ0v) is 16.3. The van der Waals surface area contributed by atoms with Gasteiger partial charge in [-0.05, 0) is 13.8 Å². The molecular weight excluding hydrogens is 372 g/mol. The minimum atomic E-state index is -3.42. The summed E-state index contributed by atoms with van der Waals surface area (Å²) in [4.78, 5) is 6.63. The first-order chi connectivity index (χ1) is 13.0. The molecule has 0 spiro atoms. The van der Waals surface area contributed by atoms with Gasteiger partial charge in [0.05, 0.1) is 11.4 Å². The molecule has 1 aliphatic heterocycles. The number of rotatable bonds is 6. The van der Waals surface area contributed by atoms with Gasteiger partial charge in [0.1, 0.15) is 18.6 Å². The largest absolute Gasteiger partial charge is 0.364 e. The average Bonchev–Trinajstić information content (AvgIpc) is 3.30. The Balaban J connectivity index is 1.60. The van der Waals surface area contributed by atoms with Crippen LogP contribution in [0.25, 0.3) is 0 Å². The van der Waals surface area contributed by atoms with Crippen LogP contribution in [0.5, 0.6) is 0 Å². The van der Waals surface area contributed by atoms with Crippen LogP contribution >= 0.6 is 0 Å². The average molecular weight is 396 g/mol. The lowest BCUT2D eigenvalue weighted by Gasteiger charge is -2.35. The highest BCUT2D eigenvalue weighted by Crippen LogP contribution is 2.13. The molecule has 1 aliphatic rings. The summed E-state index contributed by atoms with van der Waals surface area (Å²) in [5.74, 6) is 1.28. The van der Waals surface area contributed by atoms with Crippen molar-refractivity contribution in [1.29, 1.82) is 0 Å². The quantitative estimate of drug-likeness (QED) is 0.557. The number of aromatic nitrogens is 2. The van der Waals surface area contributed by atoms with E-state index in [1.54, 1.807) is 6.07 Å². The molecule has 0 saturated carbocycles. The maximum absolute atomic E-state index is 12.5. The highest BCUT2D eigenvalue weighted by molar-refractivity contribution is 7.88. The first-order valence-corrected chi connectivity index (χ1v) is 10.4. The molecule has 1 N–H and O–H groups in total. The molecule has 0 aliphatic carbocycles. The Bertz CT molecular complexity index is 853. The number of hydrogen-bond donors (Lipinski definition) is 1. The molecule has 27 heavy (non-hydrogen) atoms. The van der Waals surface area contributed by atoms with E-state index in [4.69, 9.17) is 9.05 Å². The van der Waals surface area contributed by atoms with E-state index in [1.165, 1.54) is 10.6 Å². The summed E-state index contributed by atoms with van der Waals surface area (Å²) in [6.07, 6.45) is 1.37. The smallest absolute Gasteiger partial charge is 0.220 e. The molecule has 1 fully saturated rings. The fraction of sp³-hybridized carbons (Fsp3) is 0.562. The van der Waals surface area contributed by atoms with E-state index in [1.807, 2.05) is 19.9 Å². The molecule has 3 heterocycles. The number of sulfonamides is 1. The van der Waals surface area contributed by atoms with Crippen LogP contribution in [0.15, 0.2) is 32.4 Å². The number of piperazine rings is 1. The lowest BCUT2D eigenvalue weighted by molar-refractivity contribution is 0.259. The zero-order chi connectivity index (χ0) is 19.3. The standard InChI is InChI=1S/C16H24N6O4S/c1-3-17-16(18-11-15-10-13(2)19-26-15)21-5-7-22(8-6-21)27(23,24)12-14-4-9-25-20-14/h4,9-10H,3,5-8,11-12H2,1-2H3,(H,17,18). The van der Waals surface area contributed by atoms with Crippen molar-refractivity contribution in [2.75, 3.05) is 32.7 Å². The highest BCUT2D eigenvalue weighted by Gasteiger charge is 2.29. The van der Waals surface area contributed by atoms with E-state index in [-0.39, 0.29) is 5.75 Å². The molecule has 148 valence electrons. The maximum atomic E-state index is 12.5. The molecular formula is C16H24N6O4S. The predicted octanol–water partition coefficient (Wildman–Crippen LogP) is 0.584. The van der Waals surface area contributed by atoms with Crippen LogP contribution in [0.1, 0.15) is 24.1 Å². The second-order valence-corrected chi connectivity index (χ2v) is 8.21. The summed E-state index contributed by atoms with van der Waals surface area (Å²) in [7, 11) is -3.42. The lowest BCUT2D eigenvalue weighted by Crippen LogP contribution is -2.53. The van der Waals surface area contributed by atoms with Crippen molar-refractivity contribution in [2.24, 2.45) is 4.99 Å². The third-order valence-corrected chi connectivity index (χ3v) is 5.96. The molecule has 10 nitrogen and oxygen atoms in total. The van der Waals surface area contributed by atoms with Crippen molar-refractivity contribution in [2.45, 2.75) is 26.1 Å². The van der Waals surface area contributed by atoms with Gasteiger partial charge in [-0.25, -0.2) is 13.4 Å². The lowest BCUT2D eigenvalue weighted by atomic mass is 10.3. The first-order valence-electron chi connectivity index (χ1n) is 8.80. The Morgan fingerprint density at radius 3 is 2.67 bits per heavy atom. The Hall–Kier alpha value is -2.40. The van der Waals surface area contributed by atoms with Crippen molar-refractivity contribution in [3.8, 4) is 0 Å². The van der Waals surface area contributed by atoms with Gasteiger partial charge in [-0.15, -0.1) is 0 Å². The number of guanidine groups is 1. The fourth-order valence-electron chi connectivity index (χ4n) is 2.84. The van der Waals surface area contributed by atoms with Crippen LogP contribution in [0.3, 0.4) is 0 Å². The Morgan fingerprint density at radius 1 is 1.30 bits per heavy atom. The molecule has 0 amide bonds. The Labute approximate surface area is 158 Å². The predicted molar refractivity (Wildman–Crippen MR) is 98.3 cm³/mol. The summed E-state index contributed by atoms with van der Waals surface area (Å²) >= 11 is 0. The van der Waals surface area contributed by atoms with Crippen molar-refractivity contribution < 1.29 is 17.5 Å². The highest BCUT2D eigenvalue weighted by atomic mass is 32.2. The summed E-state index contributed by atoms with van der Waals surface area (Å²) in [6.45, 7) is 6.86. The zero-order valence-electron chi connectivity index (χ0n) is 15.5. The van der Waals surface area contributed by atoms with Gasteiger partial charge < -0.3 is 19.3 Å². The van der Waals surface area contributed by atoms with Gasteiger partial charge in [0.15, 0.2) is 11.7 Å². The molecule has 3 rings (SSSR count). The third-order valence-electron chi connectivity index (χ3n) is 4.15. The van der Waals surface area contributed by atoms with Gasteiger partial charge in [-0.2, -0.15) is 4.31 Å². The molecule has 0 radical (unpaired) electrons. The van der Waals surface area contributed by atoms with Gasteiger partial charge in [-0.1, -0.05) is 10.3 Å². The molecule has 11 heteroatoms. The molecule has 0 bridgehead atoms. The van der Waals surface area contributed by atoms with E-state index >= 15 is 0 Å². The van der Waals surface area contributed by atoms with Crippen LogP contribution in [0.4, 0.5) is 0 Å². The second kappa shape index (κ2) is 8.53. The minimum Gasteiger partial charge on any atom is -0.364 e. The van der Waals surface area contributed by atoms with Gasteiger partial charge in [0, 0.05) is 44.9 Å². The molecule has 2 aromatic rings. The van der Waals surface area contributed by atoms with Crippen LogP contribution in [-0.4, -0.2) is 66.6 Å². The summed E-state index contributed by atoms with van der Waals surface area (Å²) in [5.41, 5.74) is 1.23. The van der Waals surface area contributed by atoms with Crippen molar-refractivity contribution in [1.82, 2.24) is 24.8 Å². The number of nitrogens with zero attached hydrogens (tertiary/aromatic N) is 5. The van der Waals surface area contributed by atoms with Crippen LogP contribution in [0, 0.1) is 6.92 Å². The van der Waals surface area contributed by atoms with Crippen LogP contribution in [0.2, 0.25) is 0 Å². The van der Waals surface area contributed by atoms with E-state index in [0.29, 0.717) is 44.2 Å². The minimum absolute atomic E-state index is 0.150. The molecule has 1 saturated heterocycles. The number of nitrogens with one attached hydrogen (secondary N) is 1. The molecule has 2 aromatic heterocycles. The summed E-state index contributed by atoms with van der Waals surface area (Å²) in [5, 5.41) is 10.8. The Morgan fingerprint density at radius 2 is 2.07 bits per heavy atom. The monoisotopic (exact) mass is 396 g/mol. The van der Waals surface area contributed by atoms with Crippen LogP contribution < -0.4 is 5.32 Å². The van der Waals surface area contributed by atoms with Crippen LogP contribution in [-0.2, 0) is 22.3 Å². The van der Waals surface area contributed by atoms with Gasteiger partial charge in [-0.3, -0.25) is 0 Å².